The van der Waals surface area contributed by atoms with Gasteiger partial charge in [0.2, 0.25) is 0 Å². The summed E-state index contributed by atoms with van der Waals surface area (Å²) in [6.07, 6.45) is 0.647. The van der Waals surface area contributed by atoms with Crippen molar-refractivity contribution in [3.05, 3.63) is 40.8 Å². The van der Waals surface area contributed by atoms with Gasteiger partial charge in [-0.25, -0.2) is 0 Å². The highest BCUT2D eigenvalue weighted by Crippen LogP contribution is 2.27. The highest BCUT2D eigenvalue weighted by atomic mass is 16.5. The van der Waals surface area contributed by atoms with E-state index >= 15 is 0 Å². The molecule has 2 aromatic rings. The lowest BCUT2D eigenvalue weighted by Crippen LogP contribution is -2.29. The number of benzene rings is 1. The summed E-state index contributed by atoms with van der Waals surface area (Å²) in [6.45, 7) is 8.25. The zero-order chi connectivity index (χ0) is 18.6. The molecule has 0 unspecified atom stereocenters. The first-order valence-electron chi connectivity index (χ1n) is 8.23. The zero-order valence-corrected chi connectivity index (χ0v) is 15.7. The van der Waals surface area contributed by atoms with Crippen LogP contribution in [0.1, 0.15) is 48.1 Å². The van der Waals surface area contributed by atoms with Gasteiger partial charge in [-0.3, -0.25) is 4.79 Å². The second kappa shape index (κ2) is 7.59. The molecular formula is C19H26N2O4. The fourth-order valence-electron chi connectivity index (χ4n) is 2.61. The fraction of sp³-hybridized carbons (Fsp3) is 0.474. The van der Waals surface area contributed by atoms with Crippen molar-refractivity contribution in [2.45, 2.75) is 39.5 Å². The molecule has 1 N–H and O–H groups in total. The second-order valence-corrected chi connectivity index (χ2v) is 6.90. The van der Waals surface area contributed by atoms with E-state index in [9.17, 15) is 4.79 Å². The summed E-state index contributed by atoms with van der Waals surface area (Å²) in [7, 11) is 3.23. The molecule has 0 saturated carbocycles. The summed E-state index contributed by atoms with van der Waals surface area (Å²) in [4.78, 5) is 12.6. The molecule has 0 aliphatic carbocycles. The predicted octanol–water partition coefficient (Wildman–Crippen LogP) is 3.27. The van der Waals surface area contributed by atoms with Crippen molar-refractivity contribution in [2.24, 2.45) is 0 Å². The molecule has 2 rings (SSSR count). The number of carbonyl (C=O) groups excluding carboxylic acids is 1. The molecule has 0 bridgehead atoms. The third-order valence-electron chi connectivity index (χ3n) is 3.97. The maximum absolute atomic E-state index is 12.6. The number of amides is 1. The van der Waals surface area contributed by atoms with Crippen molar-refractivity contribution in [2.75, 3.05) is 20.8 Å². The first kappa shape index (κ1) is 18.8. The Morgan fingerprint density at radius 2 is 1.96 bits per heavy atom. The van der Waals surface area contributed by atoms with E-state index in [-0.39, 0.29) is 11.3 Å². The summed E-state index contributed by atoms with van der Waals surface area (Å²) < 4.78 is 15.8. The molecule has 6 nitrogen and oxygen atoms in total. The standard InChI is InChI=1S/C19H26N2O4/c1-12-16(17(21-25-12)19(2,3)4)18(22)20-10-9-13-7-8-14(23-5)11-15(13)24-6/h7-8,11H,9-10H2,1-6H3,(H,20,22). The average molecular weight is 346 g/mol. The second-order valence-electron chi connectivity index (χ2n) is 6.90. The lowest BCUT2D eigenvalue weighted by Gasteiger charge is -2.16. The first-order chi connectivity index (χ1) is 11.8. The Balaban J connectivity index is 2.06. The van der Waals surface area contributed by atoms with Crippen molar-refractivity contribution in [1.82, 2.24) is 10.5 Å². The molecular weight excluding hydrogens is 320 g/mol. The van der Waals surface area contributed by atoms with Gasteiger partial charge in [-0.05, 0) is 25.0 Å². The Bertz CT molecular complexity index is 744. The highest BCUT2D eigenvalue weighted by Gasteiger charge is 2.28. The van der Waals surface area contributed by atoms with Crippen molar-refractivity contribution in [1.29, 1.82) is 0 Å². The van der Waals surface area contributed by atoms with E-state index in [1.54, 1.807) is 21.1 Å². The Morgan fingerprint density at radius 1 is 1.24 bits per heavy atom. The quantitative estimate of drug-likeness (QED) is 0.869. The number of nitrogens with one attached hydrogen (secondary N) is 1. The number of rotatable bonds is 6. The summed E-state index contributed by atoms with van der Waals surface area (Å²) in [5.41, 5.74) is 1.93. The van der Waals surface area contributed by atoms with E-state index in [2.05, 4.69) is 10.5 Å². The normalized spacial score (nSPS) is 11.3. The van der Waals surface area contributed by atoms with Gasteiger partial charge in [0.05, 0.1) is 14.2 Å². The van der Waals surface area contributed by atoms with Crippen LogP contribution in [0.25, 0.3) is 0 Å². The lowest BCUT2D eigenvalue weighted by molar-refractivity contribution is 0.0950. The van der Waals surface area contributed by atoms with Crippen LogP contribution < -0.4 is 14.8 Å². The van der Waals surface area contributed by atoms with Gasteiger partial charge in [-0.15, -0.1) is 0 Å². The minimum absolute atomic E-state index is 0.170. The van der Waals surface area contributed by atoms with E-state index < -0.39 is 0 Å². The maximum atomic E-state index is 12.6. The molecule has 25 heavy (non-hydrogen) atoms. The Morgan fingerprint density at radius 3 is 2.56 bits per heavy atom. The van der Waals surface area contributed by atoms with E-state index in [4.69, 9.17) is 14.0 Å². The third kappa shape index (κ3) is 4.32. The predicted molar refractivity (Wildman–Crippen MR) is 95.5 cm³/mol. The molecule has 0 spiro atoms. The molecule has 1 amide bonds. The zero-order valence-electron chi connectivity index (χ0n) is 15.7. The van der Waals surface area contributed by atoms with Gasteiger partial charge < -0.3 is 19.3 Å². The maximum Gasteiger partial charge on any atom is 0.256 e. The van der Waals surface area contributed by atoms with Crippen LogP contribution in [0.15, 0.2) is 22.7 Å². The molecule has 6 heteroatoms. The number of nitrogens with zero attached hydrogens (tertiary/aromatic N) is 1. The van der Waals surface area contributed by atoms with E-state index in [0.717, 1.165) is 17.1 Å². The van der Waals surface area contributed by atoms with Crippen molar-refractivity contribution in [3.63, 3.8) is 0 Å². The monoisotopic (exact) mass is 346 g/mol. The molecule has 0 aliphatic heterocycles. The Labute approximate surface area is 148 Å². The molecule has 136 valence electrons. The summed E-state index contributed by atoms with van der Waals surface area (Å²) in [5.74, 6) is 1.84. The fourth-order valence-corrected chi connectivity index (χ4v) is 2.61. The number of aryl methyl sites for hydroxylation is 1. The molecule has 0 aliphatic rings. The SMILES string of the molecule is COc1ccc(CCNC(=O)c2c(C(C)(C)C)noc2C)c(OC)c1. The molecule has 1 aromatic carbocycles. The van der Waals surface area contributed by atoms with Gasteiger partial charge in [0.25, 0.3) is 5.91 Å². The van der Waals surface area contributed by atoms with Gasteiger partial charge in [0.1, 0.15) is 28.5 Å². The van der Waals surface area contributed by atoms with E-state index in [0.29, 0.717) is 30.0 Å². The van der Waals surface area contributed by atoms with Crippen LogP contribution >= 0.6 is 0 Å². The van der Waals surface area contributed by atoms with Crippen LogP contribution in [0.5, 0.6) is 11.5 Å². The van der Waals surface area contributed by atoms with Crippen LogP contribution in [0.2, 0.25) is 0 Å². The van der Waals surface area contributed by atoms with Crippen LogP contribution in [0.4, 0.5) is 0 Å². The van der Waals surface area contributed by atoms with Crippen molar-refractivity contribution < 1.29 is 18.8 Å². The topological polar surface area (TPSA) is 73.6 Å². The lowest BCUT2D eigenvalue weighted by atomic mass is 9.88. The van der Waals surface area contributed by atoms with Gasteiger partial charge in [-0.2, -0.15) is 0 Å². The van der Waals surface area contributed by atoms with Crippen LogP contribution in [-0.4, -0.2) is 31.8 Å². The number of hydrogen-bond acceptors (Lipinski definition) is 5. The van der Waals surface area contributed by atoms with Gasteiger partial charge in [0, 0.05) is 18.0 Å². The molecule has 0 radical (unpaired) electrons. The Kier molecular flexibility index (Phi) is 5.72. The Hall–Kier alpha value is -2.50. The van der Waals surface area contributed by atoms with Crippen LogP contribution in [0, 0.1) is 6.92 Å². The van der Waals surface area contributed by atoms with Gasteiger partial charge >= 0.3 is 0 Å². The van der Waals surface area contributed by atoms with Crippen LogP contribution in [0.3, 0.4) is 0 Å². The van der Waals surface area contributed by atoms with E-state index in [1.165, 1.54) is 0 Å². The summed E-state index contributed by atoms with van der Waals surface area (Å²) in [5, 5.41) is 6.99. The largest absolute Gasteiger partial charge is 0.497 e. The number of methoxy groups -OCH3 is 2. The van der Waals surface area contributed by atoms with E-state index in [1.807, 2.05) is 39.0 Å². The smallest absolute Gasteiger partial charge is 0.256 e. The minimum atomic E-state index is -0.260. The summed E-state index contributed by atoms with van der Waals surface area (Å²) in [6, 6.07) is 5.65. The molecule has 1 heterocycles. The van der Waals surface area contributed by atoms with Crippen molar-refractivity contribution >= 4 is 5.91 Å². The number of hydrogen-bond donors (Lipinski definition) is 1. The highest BCUT2D eigenvalue weighted by molar-refractivity contribution is 5.96. The third-order valence-corrected chi connectivity index (χ3v) is 3.97. The number of aromatic nitrogens is 1. The summed E-state index contributed by atoms with van der Waals surface area (Å²) >= 11 is 0. The van der Waals surface area contributed by atoms with Gasteiger partial charge in [0.15, 0.2) is 0 Å². The molecule has 1 aromatic heterocycles. The number of ether oxygens (including phenoxy) is 2. The first-order valence-corrected chi connectivity index (χ1v) is 8.23. The van der Waals surface area contributed by atoms with Gasteiger partial charge in [-0.1, -0.05) is 32.0 Å². The molecule has 0 saturated heterocycles. The number of carbonyl (C=O) groups is 1. The van der Waals surface area contributed by atoms with Crippen LogP contribution in [-0.2, 0) is 11.8 Å². The minimum Gasteiger partial charge on any atom is -0.497 e. The average Bonchev–Trinajstić information content (AvgIpc) is 2.96. The molecule has 0 fully saturated rings. The molecule has 0 atom stereocenters. The van der Waals surface area contributed by atoms with Crippen molar-refractivity contribution in [3.8, 4) is 11.5 Å².